The maximum atomic E-state index is 8.96. The van der Waals surface area contributed by atoms with Gasteiger partial charge in [0, 0.05) is 0 Å². The third-order valence-electron chi connectivity index (χ3n) is 1.85. The van der Waals surface area contributed by atoms with E-state index in [-0.39, 0.29) is 0 Å². The molecule has 0 amide bonds. The van der Waals surface area contributed by atoms with E-state index < -0.39 is 7.12 Å². The van der Waals surface area contributed by atoms with Crippen LogP contribution < -0.4 is 5.46 Å². The average Bonchev–Trinajstić information content (AvgIpc) is 2.71. The molecule has 2 rings (SSSR count). The Morgan fingerprint density at radius 1 is 1.29 bits per heavy atom. The highest BCUT2D eigenvalue weighted by Crippen LogP contribution is 2.01. The monoisotopic (exact) mass is 189 g/mol. The summed E-state index contributed by atoms with van der Waals surface area (Å²) < 4.78 is 1.55. The first-order valence-electron chi connectivity index (χ1n) is 4.08. The molecule has 0 aliphatic heterocycles. The van der Waals surface area contributed by atoms with Crippen molar-refractivity contribution >= 4 is 12.6 Å². The van der Waals surface area contributed by atoms with Gasteiger partial charge in [0.05, 0.1) is 5.69 Å². The second-order valence-electron chi connectivity index (χ2n) is 2.81. The van der Waals surface area contributed by atoms with E-state index in [0.29, 0.717) is 5.46 Å². The molecule has 1 aromatic heterocycles. The van der Waals surface area contributed by atoms with Crippen LogP contribution >= 0.6 is 0 Å². The van der Waals surface area contributed by atoms with E-state index in [4.69, 9.17) is 10.0 Å². The van der Waals surface area contributed by atoms with Crippen LogP contribution in [-0.2, 0) is 0 Å². The lowest BCUT2D eigenvalue weighted by molar-refractivity contribution is 0.426. The molecule has 5 nitrogen and oxygen atoms in total. The third-order valence-corrected chi connectivity index (χ3v) is 1.85. The molecule has 0 spiro atoms. The fourth-order valence-corrected chi connectivity index (χ4v) is 1.17. The first-order valence-corrected chi connectivity index (χ1v) is 4.08. The van der Waals surface area contributed by atoms with E-state index in [2.05, 4.69) is 10.1 Å². The maximum Gasteiger partial charge on any atom is 0.488 e. The summed E-state index contributed by atoms with van der Waals surface area (Å²) in [6.45, 7) is 0. The van der Waals surface area contributed by atoms with E-state index in [9.17, 15) is 0 Å². The van der Waals surface area contributed by atoms with Crippen molar-refractivity contribution in [3.8, 4) is 5.69 Å². The smallest absolute Gasteiger partial charge is 0.423 e. The summed E-state index contributed by atoms with van der Waals surface area (Å²) in [4.78, 5) is 3.80. The Balaban J connectivity index is 2.41. The molecule has 1 aromatic carbocycles. The predicted molar refractivity (Wildman–Crippen MR) is 51.2 cm³/mol. The van der Waals surface area contributed by atoms with E-state index in [1.54, 1.807) is 35.3 Å². The van der Waals surface area contributed by atoms with Crippen molar-refractivity contribution in [2.75, 3.05) is 0 Å². The van der Waals surface area contributed by atoms with Gasteiger partial charge in [0.1, 0.15) is 12.7 Å². The molecule has 0 fully saturated rings. The Kier molecular flexibility index (Phi) is 2.30. The van der Waals surface area contributed by atoms with Crippen LogP contribution in [0, 0.1) is 0 Å². The van der Waals surface area contributed by atoms with E-state index in [1.165, 1.54) is 6.33 Å². The van der Waals surface area contributed by atoms with Crippen molar-refractivity contribution in [1.29, 1.82) is 0 Å². The number of rotatable bonds is 2. The summed E-state index contributed by atoms with van der Waals surface area (Å²) in [5, 5.41) is 21.8. The van der Waals surface area contributed by atoms with Gasteiger partial charge in [-0.05, 0) is 17.6 Å². The van der Waals surface area contributed by atoms with Crippen molar-refractivity contribution in [2.24, 2.45) is 0 Å². The molecule has 0 bridgehead atoms. The van der Waals surface area contributed by atoms with Gasteiger partial charge in [-0.15, -0.1) is 0 Å². The van der Waals surface area contributed by atoms with Crippen LogP contribution in [-0.4, -0.2) is 31.9 Å². The number of hydrogen-bond donors (Lipinski definition) is 2. The normalized spacial score (nSPS) is 10.1. The van der Waals surface area contributed by atoms with Gasteiger partial charge in [-0.2, -0.15) is 5.10 Å². The molecular formula is C8H8BN3O2. The molecule has 0 aliphatic rings. The Bertz CT molecular complexity index is 416. The molecule has 14 heavy (non-hydrogen) atoms. The number of aromatic nitrogens is 3. The lowest BCUT2D eigenvalue weighted by atomic mass is 9.80. The zero-order valence-corrected chi connectivity index (χ0v) is 7.28. The number of nitrogens with zero attached hydrogens (tertiary/aromatic N) is 3. The molecule has 0 aliphatic carbocycles. The van der Waals surface area contributed by atoms with Crippen molar-refractivity contribution in [1.82, 2.24) is 14.8 Å². The van der Waals surface area contributed by atoms with E-state index in [0.717, 1.165) is 5.69 Å². The Hall–Kier alpha value is -1.66. The topological polar surface area (TPSA) is 71.2 Å². The van der Waals surface area contributed by atoms with E-state index >= 15 is 0 Å². The minimum absolute atomic E-state index is 0.429. The van der Waals surface area contributed by atoms with Crippen molar-refractivity contribution < 1.29 is 10.0 Å². The standard InChI is InChI=1S/C8H8BN3O2/c13-9(14)7-2-1-3-8(4-7)12-6-10-5-11-12/h1-6,13-14H. The SMILES string of the molecule is OB(O)c1cccc(-n2cncn2)c1. The predicted octanol–water partition coefficient (Wildman–Crippen LogP) is -1.05. The van der Waals surface area contributed by atoms with Crippen molar-refractivity contribution in [2.45, 2.75) is 0 Å². The first-order chi connectivity index (χ1) is 6.77. The average molecular weight is 189 g/mol. The van der Waals surface area contributed by atoms with Gasteiger partial charge in [-0.25, -0.2) is 9.67 Å². The highest BCUT2D eigenvalue weighted by Gasteiger charge is 2.11. The molecule has 0 radical (unpaired) electrons. The second-order valence-corrected chi connectivity index (χ2v) is 2.81. The summed E-state index contributed by atoms with van der Waals surface area (Å²) in [6, 6.07) is 6.80. The van der Waals surface area contributed by atoms with Crippen molar-refractivity contribution in [3.05, 3.63) is 36.9 Å². The Morgan fingerprint density at radius 3 is 2.79 bits per heavy atom. The Labute approximate surface area is 80.8 Å². The molecule has 0 saturated carbocycles. The molecule has 2 N–H and O–H groups in total. The largest absolute Gasteiger partial charge is 0.488 e. The minimum atomic E-state index is -1.46. The summed E-state index contributed by atoms with van der Waals surface area (Å²) in [6.07, 6.45) is 2.96. The molecule has 1 heterocycles. The second kappa shape index (κ2) is 3.61. The molecule has 6 heteroatoms. The highest BCUT2D eigenvalue weighted by molar-refractivity contribution is 6.58. The summed E-state index contributed by atoms with van der Waals surface area (Å²) in [7, 11) is -1.46. The van der Waals surface area contributed by atoms with Gasteiger partial charge in [-0.1, -0.05) is 12.1 Å². The van der Waals surface area contributed by atoms with Gasteiger partial charge in [-0.3, -0.25) is 0 Å². The maximum absolute atomic E-state index is 8.96. The zero-order valence-electron chi connectivity index (χ0n) is 7.28. The van der Waals surface area contributed by atoms with Crippen LogP contribution in [0.5, 0.6) is 0 Å². The minimum Gasteiger partial charge on any atom is -0.423 e. The summed E-state index contributed by atoms with van der Waals surface area (Å²) in [5.74, 6) is 0. The summed E-state index contributed by atoms with van der Waals surface area (Å²) >= 11 is 0. The van der Waals surface area contributed by atoms with Gasteiger partial charge >= 0.3 is 7.12 Å². The molecule has 2 aromatic rings. The highest BCUT2D eigenvalue weighted by atomic mass is 16.4. The lowest BCUT2D eigenvalue weighted by Crippen LogP contribution is -2.29. The molecular weight excluding hydrogens is 181 g/mol. The molecule has 0 unspecified atom stereocenters. The van der Waals surface area contributed by atoms with Crippen LogP contribution in [0.15, 0.2) is 36.9 Å². The third kappa shape index (κ3) is 1.66. The van der Waals surface area contributed by atoms with Crippen LogP contribution in [0.25, 0.3) is 5.69 Å². The summed E-state index contributed by atoms with van der Waals surface area (Å²) in [5.41, 5.74) is 1.17. The Morgan fingerprint density at radius 2 is 2.14 bits per heavy atom. The van der Waals surface area contributed by atoms with Gasteiger partial charge < -0.3 is 10.0 Å². The van der Waals surface area contributed by atoms with Crippen LogP contribution in [0.4, 0.5) is 0 Å². The number of hydrogen-bond acceptors (Lipinski definition) is 4. The number of benzene rings is 1. The van der Waals surface area contributed by atoms with E-state index in [1.807, 2.05) is 0 Å². The van der Waals surface area contributed by atoms with Crippen molar-refractivity contribution in [3.63, 3.8) is 0 Å². The fraction of sp³-hybridized carbons (Fsp3) is 0. The molecule has 0 atom stereocenters. The quantitative estimate of drug-likeness (QED) is 0.591. The lowest BCUT2D eigenvalue weighted by Gasteiger charge is -2.03. The fourth-order valence-electron chi connectivity index (χ4n) is 1.17. The van der Waals surface area contributed by atoms with Crippen LogP contribution in [0.1, 0.15) is 0 Å². The van der Waals surface area contributed by atoms with Crippen LogP contribution in [0.3, 0.4) is 0 Å². The molecule has 70 valence electrons. The zero-order chi connectivity index (χ0) is 9.97. The molecule has 0 saturated heterocycles. The van der Waals surface area contributed by atoms with Gasteiger partial charge in [0.15, 0.2) is 0 Å². The van der Waals surface area contributed by atoms with Gasteiger partial charge in [0.25, 0.3) is 0 Å². The van der Waals surface area contributed by atoms with Crippen LogP contribution in [0.2, 0.25) is 0 Å². The first kappa shape index (κ1) is 8.92. The van der Waals surface area contributed by atoms with Gasteiger partial charge in [0.2, 0.25) is 0 Å².